The number of nitrogens with zero attached hydrogens (tertiary/aromatic N) is 1. The van der Waals surface area contributed by atoms with Crippen molar-refractivity contribution >= 4 is 0 Å². The Labute approximate surface area is 122 Å². The zero-order chi connectivity index (χ0) is 14.8. The highest BCUT2D eigenvalue weighted by Gasteiger charge is 2.11. The van der Waals surface area contributed by atoms with E-state index in [0.717, 1.165) is 38.3 Å². The maximum Gasteiger partial charge on any atom is 0.118 e. The summed E-state index contributed by atoms with van der Waals surface area (Å²) in [5, 5.41) is 9.85. The minimum Gasteiger partial charge on any atom is -0.497 e. The number of methoxy groups -OCH3 is 2. The van der Waals surface area contributed by atoms with Crippen molar-refractivity contribution in [2.45, 2.75) is 32.4 Å². The molecule has 0 unspecified atom stereocenters. The lowest BCUT2D eigenvalue weighted by atomic mass is 10.1. The van der Waals surface area contributed by atoms with Crippen molar-refractivity contribution in [3.8, 4) is 5.75 Å². The molecule has 4 heteroatoms. The zero-order valence-corrected chi connectivity index (χ0v) is 12.8. The minimum atomic E-state index is -0.268. The summed E-state index contributed by atoms with van der Waals surface area (Å²) in [5.74, 6) is 0.869. The summed E-state index contributed by atoms with van der Waals surface area (Å²) in [5.41, 5.74) is 1.23. The van der Waals surface area contributed by atoms with Crippen molar-refractivity contribution in [3.63, 3.8) is 0 Å². The first kappa shape index (κ1) is 17.0. The van der Waals surface area contributed by atoms with Crippen LogP contribution in [-0.2, 0) is 11.3 Å². The smallest absolute Gasteiger partial charge is 0.118 e. The number of hydrogen-bond donors (Lipinski definition) is 1. The van der Waals surface area contributed by atoms with Gasteiger partial charge in [0.25, 0.3) is 0 Å². The number of ether oxygens (including phenoxy) is 2. The molecule has 0 saturated carbocycles. The van der Waals surface area contributed by atoms with Crippen LogP contribution in [0.5, 0.6) is 5.75 Å². The normalized spacial score (nSPS) is 12.7. The average molecular weight is 281 g/mol. The summed E-state index contributed by atoms with van der Waals surface area (Å²) in [6, 6.07) is 8.08. The van der Waals surface area contributed by atoms with Crippen LogP contribution in [0.25, 0.3) is 0 Å². The first-order valence-electron chi connectivity index (χ1n) is 7.21. The largest absolute Gasteiger partial charge is 0.497 e. The Morgan fingerprint density at radius 3 is 2.45 bits per heavy atom. The van der Waals surface area contributed by atoms with Gasteiger partial charge < -0.3 is 14.6 Å². The standard InChI is InChI=1S/C16H27NO3/c1-4-15(18)13-17(10-5-11-19-2)12-14-6-8-16(20-3)9-7-14/h6-9,15,18H,4-5,10-13H2,1-3H3/t15-/m0/s1. The highest BCUT2D eigenvalue weighted by atomic mass is 16.5. The summed E-state index contributed by atoms with van der Waals surface area (Å²) in [6.07, 6.45) is 1.49. The topological polar surface area (TPSA) is 41.9 Å². The Bertz CT molecular complexity index is 353. The molecular formula is C16H27NO3. The van der Waals surface area contributed by atoms with Crippen LogP contribution in [0.1, 0.15) is 25.3 Å². The van der Waals surface area contributed by atoms with E-state index in [-0.39, 0.29) is 6.10 Å². The first-order chi connectivity index (χ1) is 9.69. The Hall–Kier alpha value is -1.10. The molecule has 0 fully saturated rings. The SMILES string of the molecule is CC[C@H](O)CN(CCCOC)Cc1ccc(OC)cc1. The molecule has 1 aromatic carbocycles. The van der Waals surface area contributed by atoms with Crippen molar-refractivity contribution < 1.29 is 14.6 Å². The van der Waals surface area contributed by atoms with Gasteiger partial charge in [-0.05, 0) is 30.5 Å². The zero-order valence-electron chi connectivity index (χ0n) is 12.8. The number of aliphatic hydroxyl groups is 1. The number of aliphatic hydroxyl groups excluding tert-OH is 1. The number of rotatable bonds is 10. The fourth-order valence-electron chi connectivity index (χ4n) is 2.08. The lowest BCUT2D eigenvalue weighted by molar-refractivity contribution is 0.0968. The number of hydrogen-bond acceptors (Lipinski definition) is 4. The third-order valence-electron chi connectivity index (χ3n) is 3.33. The van der Waals surface area contributed by atoms with Gasteiger partial charge in [-0.1, -0.05) is 19.1 Å². The highest BCUT2D eigenvalue weighted by Crippen LogP contribution is 2.13. The molecular weight excluding hydrogens is 254 g/mol. The first-order valence-corrected chi connectivity index (χ1v) is 7.21. The Kier molecular flexibility index (Phi) is 8.26. The molecule has 0 amide bonds. The Morgan fingerprint density at radius 1 is 1.20 bits per heavy atom. The van der Waals surface area contributed by atoms with Crippen LogP contribution in [-0.4, -0.2) is 50.0 Å². The van der Waals surface area contributed by atoms with Crippen LogP contribution in [0.3, 0.4) is 0 Å². The van der Waals surface area contributed by atoms with E-state index in [1.807, 2.05) is 19.1 Å². The van der Waals surface area contributed by atoms with Crippen molar-refractivity contribution in [1.29, 1.82) is 0 Å². The van der Waals surface area contributed by atoms with E-state index in [9.17, 15) is 5.11 Å². The van der Waals surface area contributed by atoms with Gasteiger partial charge in [0.05, 0.1) is 13.2 Å². The molecule has 0 aliphatic carbocycles. The predicted molar refractivity (Wildman–Crippen MR) is 81.1 cm³/mol. The quantitative estimate of drug-likeness (QED) is 0.668. The highest BCUT2D eigenvalue weighted by molar-refractivity contribution is 5.27. The summed E-state index contributed by atoms with van der Waals surface area (Å²) >= 11 is 0. The molecule has 0 bridgehead atoms. The molecule has 0 aromatic heterocycles. The van der Waals surface area contributed by atoms with Gasteiger partial charge in [-0.2, -0.15) is 0 Å². The molecule has 4 nitrogen and oxygen atoms in total. The van der Waals surface area contributed by atoms with Crippen molar-refractivity contribution in [3.05, 3.63) is 29.8 Å². The van der Waals surface area contributed by atoms with E-state index in [0.29, 0.717) is 6.54 Å². The second kappa shape index (κ2) is 9.75. The van der Waals surface area contributed by atoms with E-state index in [1.54, 1.807) is 14.2 Å². The molecule has 0 radical (unpaired) electrons. The van der Waals surface area contributed by atoms with Crippen LogP contribution in [0.15, 0.2) is 24.3 Å². The van der Waals surface area contributed by atoms with Gasteiger partial charge in [0.15, 0.2) is 0 Å². The van der Waals surface area contributed by atoms with Gasteiger partial charge in [-0.25, -0.2) is 0 Å². The van der Waals surface area contributed by atoms with E-state index < -0.39 is 0 Å². The predicted octanol–water partition coefficient (Wildman–Crippen LogP) is 2.30. The second-order valence-corrected chi connectivity index (χ2v) is 4.99. The molecule has 114 valence electrons. The van der Waals surface area contributed by atoms with Gasteiger partial charge in [0.2, 0.25) is 0 Å². The minimum absolute atomic E-state index is 0.268. The van der Waals surface area contributed by atoms with Crippen LogP contribution in [0.2, 0.25) is 0 Å². The molecule has 1 N–H and O–H groups in total. The third kappa shape index (κ3) is 6.37. The van der Waals surface area contributed by atoms with Crippen LogP contribution in [0.4, 0.5) is 0 Å². The summed E-state index contributed by atoms with van der Waals surface area (Å²) in [7, 11) is 3.39. The molecule has 1 rings (SSSR count). The van der Waals surface area contributed by atoms with E-state index in [1.165, 1.54) is 5.56 Å². The van der Waals surface area contributed by atoms with Gasteiger partial charge in [0, 0.05) is 33.4 Å². The maximum absolute atomic E-state index is 9.85. The molecule has 0 aliphatic rings. The molecule has 0 spiro atoms. The molecule has 20 heavy (non-hydrogen) atoms. The van der Waals surface area contributed by atoms with Crippen molar-refractivity contribution in [2.75, 3.05) is 33.9 Å². The average Bonchev–Trinajstić information content (AvgIpc) is 2.48. The van der Waals surface area contributed by atoms with E-state index >= 15 is 0 Å². The van der Waals surface area contributed by atoms with E-state index in [2.05, 4.69) is 17.0 Å². The van der Waals surface area contributed by atoms with Crippen LogP contribution < -0.4 is 4.74 Å². The van der Waals surface area contributed by atoms with Gasteiger partial charge in [0.1, 0.15) is 5.75 Å². The summed E-state index contributed by atoms with van der Waals surface area (Å²) in [4.78, 5) is 2.27. The Morgan fingerprint density at radius 2 is 1.90 bits per heavy atom. The van der Waals surface area contributed by atoms with Crippen molar-refractivity contribution in [2.24, 2.45) is 0 Å². The fourth-order valence-corrected chi connectivity index (χ4v) is 2.08. The molecule has 1 aromatic rings. The second-order valence-electron chi connectivity index (χ2n) is 4.99. The van der Waals surface area contributed by atoms with Crippen LogP contribution >= 0.6 is 0 Å². The number of benzene rings is 1. The summed E-state index contributed by atoms with van der Waals surface area (Å²) < 4.78 is 10.3. The lowest BCUT2D eigenvalue weighted by Gasteiger charge is -2.24. The van der Waals surface area contributed by atoms with Crippen LogP contribution in [0, 0.1) is 0 Å². The lowest BCUT2D eigenvalue weighted by Crippen LogP contribution is -2.33. The van der Waals surface area contributed by atoms with Crippen molar-refractivity contribution in [1.82, 2.24) is 4.90 Å². The fraction of sp³-hybridized carbons (Fsp3) is 0.625. The molecule has 0 saturated heterocycles. The monoisotopic (exact) mass is 281 g/mol. The molecule has 0 aliphatic heterocycles. The van der Waals surface area contributed by atoms with Gasteiger partial charge >= 0.3 is 0 Å². The van der Waals surface area contributed by atoms with Gasteiger partial charge in [-0.3, -0.25) is 4.90 Å². The van der Waals surface area contributed by atoms with Gasteiger partial charge in [-0.15, -0.1) is 0 Å². The molecule has 1 atom stereocenters. The molecule has 0 heterocycles. The van der Waals surface area contributed by atoms with E-state index in [4.69, 9.17) is 9.47 Å². The summed E-state index contributed by atoms with van der Waals surface area (Å²) in [6.45, 7) is 5.22. The maximum atomic E-state index is 9.85. The Balaban J connectivity index is 2.56. The third-order valence-corrected chi connectivity index (χ3v) is 3.33.